The zero-order chi connectivity index (χ0) is 14.9. The number of rotatable bonds is 2. The molecular weight excluding hydrogens is 256 g/mol. The fourth-order valence-corrected chi connectivity index (χ4v) is 2.33. The Bertz CT molecular complexity index is 552. The maximum atomic E-state index is 12.3. The standard InChI is InChI=1S/C15H20N2O3/c1-10-6-7-12-11(9-10)5-4-8-17(12)14(20)16-15(2,3)13(18)19/h6-7,9H,4-5,8H2,1-3H3,(H,16,20)(H,18,19). The third kappa shape index (κ3) is 2.76. The van der Waals surface area contributed by atoms with Crippen molar-refractivity contribution in [1.82, 2.24) is 5.32 Å². The summed E-state index contributed by atoms with van der Waals surface area (Å²) < 4.78 is 0. The highest BCUT2D eigenvalue weighted by atomic mass is 16.4. The number of aliphatic carboxylic acids is 1. The maximum absolute atomic E-state index is 12.3. The number of carboxylic acids is 1. The zero-order valence-corrected chi connectivity index (χ0v) is 12.1. The van der Waals surface area contributed by atoms with E-state index in [1.165, 1.54) is 13.8 Å². The summed E-state index contributed by atoms with van der Waals surface area (Å²) in [5.74, 6) is -1.05. The summed E-state index contributed by atoms with van der Waals surface area (Å²) >= 11 is 0. The van der Waals surface area contributed by atoms with Crippen molar-refractivity contribution in [2.75, 3.05) is 11.4 Å². The number of amides is 2. The van der Waals surface area contributed by atoms with Crippen LogP contribution in [0.1, 0.15) is 31.4 Å². The maximum Gasteiger partial charge on any atom is 0.328 e. The van der Waals surface area contributed by atoms with Gasteiger partial charge in [-0.1, -0.05) is 17.7 Å². The zero-order valence-electron chi connectivity index (χ0n) is 12.1. The minimum atomic E-state index is -1.28. The largest absolute Gasteiger partial charge is 0.480 e. The molecule has 1 aromatic carbocycles. The Morgan fingerprint density at radius 2 is 2.05 bits per heavy atom. The van der Waals surface area contributed by atoms with E-state index in [9.17, 15) is 9.59 Å². The second kappa shape index (κ2) is 5.15. The molecule has 2 amide bonds. The monoisotopic (exact) mass is 276 g/mol. The quantitative estimate of drug-likeness (QED) is 0.871. The second-order valence-electron chi connectivity index (χ2n) is 5.75. The van der Waals surface area contributed by atoms with Crippen LogP contribution in [0.4, 0.5) is 10.5 Å². The van der Waals surface area contributed by atoms with Crippen molar-refractivity contribution in [2.24, 2.45) is 0 Å². The van der Waals surface area contributed by atoms with Crippen molar-refractivity contribution in [2.45, 2.75) is 39.2 Å². The van der Waals surface area contributed by atoms with Crippen LogP contribution in [0.2, 0.25) is 0 Å². The van der Waals surface area contributed by atoms with Crippen molar-refractivity contribution in [1.29, 1.82) is 0 Å². The van der Waals surface area contributed by atoms with Crippen molar-refractivity contribution in [3.8, 4) is 0 Å². The first-order valence-electron chi connectivity index (χ1n) is 6.74. The lowest BCUT2D eigenvalue weighted by Gasteiger charge is -2.32. The van der Waals surface area contributed by atoms with Crippen LogP contribution in [0.3, 0.4) is 0 Å². The summed E-state index contributed by atoms with van der Waals surface area (Å²) in [4.78, 5) is 25.0. The van der Waals surface area contributed by atoms with Crippen LogP contribution < -0.4 is 10.2 Å². The Morgan fingerprint density at radius 3 is 2.70 bits per heavy atom. The summed E-state index contributed by atoms with van der Waals surface area (Å²) in [5.41, 5.74) is 1.90. The number of carboxylic acid groups (broad SMARTS) is 1. The van der Waals surface area contributed by atoms with E-state index < -0.39 is 11.5 Å². The number of nitrogens with one attached hydrogen (secondary N) is 1. The first-order chi connectivity index (χ1) is 9.31. The van der Waals surface area contributed by atoms with Gasteiger partial charge in [0.25, 0.3) is 0 Å². The lowest BCUT2D eigenvalue weighted by molar-refractivity contribution is -0.142. The van der Waals surface area contributed by atoms with E-state index in [-0.39, 0.29) is 6.03 Å². The lowest BCUT2D eigenvalue weighted by Crippen LogP contribution is -2.55. The van der Waals surface area contributed by atoms with Crippen molar-refractivity contribution in [3.63, 3.8) is 0 Å². The van der Waals surface area contributed by atoms with Gasteiger partial charge in [0.15, 0.2) is 0 Å². The summed E-state index contributed by atoms with van der Waals surface area (Å²) in [6.45, 7) is 5.59. The van der Waals surface area contributed by atoms with Gasteiger partial charge in [-0.3, -0.25) is 4.90 Å². The second-order valence-corrected chi connectivity index (χ2v) is 5.75. The van der Waals surface area contributed by atoms with E-state index >= 15 is 0 Å². The van der Waals surface area contributed by atoms with Gasteiger partial charge in [0.05, 0.1) is 0 Å². The molecule has 5 heteroatoms. The molecular formula is C15H20N2O3. The molecule has 2 rings (SSSR count). The van der Waals surface area contributed by atoms with E-state index in [0.29, 0.717) is 6.54 Å². The molecule has 0 saturated carbocycles. The Hall–Kier alpha value is -2.04. The molecule has 0 aliphatic carbocycles. The van der Waals surface area contributed by atoms with Crippen LogP contribution >= 0.6 is 0 Å². The number of hydrogen-bond acceptors (Lipinski definition) is 2. The normalized spacial score (nSPS) is 14.7. The molecule has 0 spiro atoms. The van der Waals surface area contributed by atoms with Crippen LogP contribution in [0.25, 0.3) is 0 Å². The van der Waals surface area contributed by atoms with Gasteiger partial charge in [-0.05, 0) is 45.2 Å². The first-order valence-corrected chi connectivity index (χ1v) is 6.74. The van der Waals surface area contributed by atoms with Crippen molar-refractivity contribution < 1.29 is 14.7 Å². The Kier molecular flexibility index (Phi) is 3.70. The SMILES string of the molecule is Cc1ccc2c(c1)CCCN2C(=O)NC(C)(C)C(=O)O. The number of nitrogens with zero attached hydrogens (tertiary/aromatic N) is 1. The molecule has 0 atom stereocenters. The average Bonchev–Trinajstić information content (AvgIpc) is 2.36. The minimum absolute atomic E-state index is 0.359. The number of hydrogen-bond donors (Lipinski definition) is 2. The van der Waals surface area contributed by atoms with Crippen LogP contribution in [-0.2, 0) is 11.2 Å². The molecule has 1 aliphatic rings. The third-order valence-corrected chi connectivity index (χ3v) is 3.55. The molecule has 0 radical (unpaired) electrons. The Morgan fingerprint density at radius 1 is 1.35 bits per heavy atom. The smallest absolute Gasteiger partial charge is 0.328 e. The number of fused-ring (bicyclic) bond motifs is 1. The van der Waals surface area contributed by atoms with Crippen LogP contribution in [-0.4, -0.2) is 29.2 Å². The van der Waals surface area contributed by atoms with E-state index in [0.717, 1.165) is 29.7 Å². The van der Waals surface area contributed by atoms with Crippen LogP contribution in [0.15, 0.2) is 18.2 Å². The molecule has 1 aromatic rings. The molecule has 0 bridgehead atoms. The molecule has 5 nitrogen and oxygen atoms in total. The van der Waals surface area contributed by atoms with Crippen LogP contribution in [0, 0.1) is 6.92 Å². The van der Waals surface area contributed by atoms with Crippen molar-refractivity contribution in [3.05, 3.63) is 29.3 Å². The molecule has 1 heterocycles. The number of anilines is 1. The number of benzene rings is 1. The van der Waals surface area contributed by atoms with E-state index in [2.05, 4.69) is 11.4 Å². The fraction of sp³-hybridized carbons (Fsp3) is 0.467. The van der Waals surface area contributed by atoms with Gasteiger partial charge in [-0.15, -0.1) is 0 Å². The van der Waals surface area contributed by atoms with E-state index in [1.54, 1.807) is 4.90 Å². The Balaban J connectivity index is 2.23. The van der Waals surface area contributed by atoms with Gasteiger partial charge in [-0.25, -0.2) is 9.59 Å². The van der Waals surface area contributed by atoms with Crippen molar-refractivity contribution >= 4 is 17.7 Å². The molecule has 0 unspecified atom stereocenters. The summed E-state index contributed by atoms with van der Waals surface area (Å²) in [5, 5.41) is 11.7. The van der Waals surface area contributed by atoms with E-state index in [1.807, 2.05) is 19.1 Å². The van der Waals surface area contributed by atoms with Gasteiger partial charge in [0.1, 0.15) is 5.54 Å². The van der Waals surface area contributed by atoms with Crippen LogP contribution in [0.5, 0.6) is 0 Å². The molecule has 20 heavy (non-hydrogen) atoms. The molecule has 0 saturated heterocycles. The average molecular weight is 276 g/mol. The molecule has 108 valence electrons. The van der Waals surface area contributed by atoms with Gasteiger partial charge < -0.3 is 10.4 Å². The van der Waals surface area contributed by atoms with Gasteiger partial charge in [0, 0.05) is 12.2 Å². The third-order valence-electron chi connectivity index (χ3n) is 3.55. The Labute approximate surface area is 118 Å². The minimum Gasteiger partial charge on any atom is -0.480 e. The molecule has 1 aliphatic heterocycles. The number of aryl methyl sites for hydroxylation is 2. The van der Waals surface area contributed by atoms with Gasteiger partial charge >= 0.3 is 12.0 Å². The number of carbonyl (C=O) groups excluding carboxylic acids is 1. The molecule has 2 N–H and O–H groups in total. The fourth-order valence-electron chi connectivity index (χ4n) is 2.33. The molecule has 0 aromatic heterocycles. The highest BCUT2D eigenvalue weighted by Gasteiger charge is 2.32. The predicted octanol–water partition coefficient (Wildman–Crippen LogP) is 2.32. The molecule has 0 fully saturated rings. The highest BCUT2D eigenvalue weighted by molar-refractivity contribution is 5.96. The first kappa shape index (κ1) is 14.4. The number of carbonyl (C=O) groups is 2. The number of urea groups is 1. The summed E-state index contributed by atoms with van der Waals surface area (Å²) in [7, 11) is 0. The van der Waals surface area contributed by atoms with Gasteiger partial charge in [-0.2, -0.15) is 0 Å². The summed E-state index contributed by atoms with van der Waals surface area (Å²) in [6.07, 6.45) is 1.83. The van der Waals surface area contributed by atoms with Gasteiger partial charge in [0.2, 0.25) is 0 Å². The highest BCUT2D eigenvalue weighted by Crippen LogP contribution is 2.28. The topological polar surface area (TPSA) is 69.6 Å². The lowest BCUT2D eigenvalue weighted by atomic mass is 9.99. The predicted molar refractivity (Wildman–Crippen MR) is 77.1 cm³/mol. The van der Waals surface area contributed by atoms with E-state index in [4.69, 9.17) is 5.11 Å². The summed E-state index contributed by atoms with van der Waals surface area (Å²) in [6, 6.07) is 5.61.